The predicted octanol–water partition coefficient (Wildman–Crippen LogP) is 1.54. The first-order valence-electron chi connectivity index (χ1n) is 5.50. The maximum atomic E-state index is 11.8. The molecule has 0 fully saturated rings. The zero-order chi connectivity index (χ0) is 13.5. The minimum atomic E-state index is -0.617. The molecule has 0 aromatic heterocycles. The molecule has 5 heteroatoms. The number of allylic oxidation sites excluding steroid dienone is 1. The number of carbonyl (C=O) groups is 2. The van der Waals surface area contributed by atoms with Gasteiger partial charge in [0.05, 0.1) is 13.7 Å². The van der Waals surface area contributed by atoms with E-state index < -0.39 is 11.4 Å². The lowest BCUT2D eigenvalue weighted by atomic mass is 9.88. The summed E-state index contributed by atoms with van der Waals surface area (Å²) in [5.74, 6) is -0.538. The SMILES string of the molecule is CCOC(=O)/C=C/CC(C)(C)C(=O)N(C)OC. The summed E-state index contributed by atoms with van der Waals surface area (Å²) in [5.41, 5.74) is -0.617. The summed E-state index contributed by atoms with van der Waals surface area (Å²) < 4.78 is 4.74. The molecular weight excluding hydrogens is 222 g/mol. The Morgan fingerprint density at radius 1 is 1.35 bits per heavy atom. The monoisotopic (exact) mass is 243 g/mol. The summed E-state index contributed by atoms with van der Waals surface area (Å²) >= 11 is 0. The van der Waals surface area contributed by atoms with Crippen molar-refractivity contribution in [2.75, 3.05) is 20.8 Å². The van der Waals surface area contributed by atoms with Gasteiger partial charge in [-0.1, -0.05) is 19.9 Å². The zero-order valence-electron chi connectivity index (χ0n) is 11.1. The first kappa shape index (κ1) is 15.6. The summed E-state index contributed by atoms with van der Waals surface area (Å²) in [7, 11) is 2.99. The Hall–Kier alpha value is -1.36. The fourth-order valence-electron chi connectivity index (χ4n) is 1.24. The van der Waals surface area contributed by atoms with Crippen LogP contribution in [0.3, 0.4) is 0 Å². The molecule has 0 spiro atoms. The Bertz CT molecular complexity index is 297. The molecule has 17 heavy (non-hydrogen) atoms. The van der Waals surface area contributed by atoms with Gasteiger partial charge in [0.15, 0.2) is 0 Å². The number of rotatable bonds is 6. The molecular formula is C12H21NO4. The molecule has 0 unspecified atom stereocenters. The van der Waals surface area contributed by atoms with E-state index in [1.165, 1.54) is 18.2 Å². The molecule has 5 nitrogen and oxygen atoms in total. The molecule has 0 aliphatic carbocycles. The van der Waals surface area contributed by atoms with E-state index in [9.17, 15) is 9.59 Å². The molecule has 0 saturated carbocycles. The topological polar surface area (TPSA) is 55.8 Å². The van der Waals surface area contributed by atoms with Gasteiger partial charge in [-0.25, -0.2) is 9.86 Å². The highest BCUT2D eigenvalue weighted by Gasteiger charge is 2.29. The molecule has 0 aliphatic heterocycles. The first-order chi connectivity index (χ1) is 7.85. The summed E-state index contributed by atoms with van der Waals surface area (Å²) in [5, 5.41) is 1.18. The first-order valence-corrected chi connectivity index (χ1v) is 5.50. The Labute approximate surface area is 102 Å². The van der Waals surface area contributed by atoms with E-state index in [-0.39, 0.29) is 5.91 Å². The molecule has 98 valence electrons. The van der Waals surface area contributed by atoms with Gasteiger partial charge in [-0.05, 0) is 13.3 Å². The third kappa shape index (κ3) is 5.49. The lowest BCUT2D eigenvalue weighted by Gasteiger charge is -2.26. The summed E-state index contributed by atoms with van der Waals surface area (Å²) in [6.45, 7) is 5.67. The van der Waals surface area contributed by atoms with Crippen molar-refractivity contribution in [3.8, 4) is 0 Å². The van der Waals surface area contributed by atoms with Crippen LogP contribution in [-0.4, -0.2) is 37.7 Å². The molecule has 1 amide bonds. The average Bonchev–Trinajstić information content (AvgIpc) is 2.27. The smallest absolute Gasteiger partial charge is 0.330 e. The van der Waals surface area contributed by atoms with Gasteiger partial charge in [0.25, 0.3) is 5.91 Å². The van der Waals surface area contributed by atoms with E-state index in [0.29, 0.717) is 13.0 Å². The fourth-order valence-corrected chi connectivity index (χ4v) is 1.24. The van der Waals surface area contributed by atoms with Crippen molar-refractivity contribution < 1.29 is 19.2 Å². The van der Waals surface area contributed by atoms with E-state index in [1.807, 2.05) is 0 Å². The van der Waals surface area contributed by atoms with Crippen LogP contribution in [0.15, 0.2) is 12.2 Å². The molecule has 0 radical (unpaired) electrons. The van der Waals surface area contributed by atoms with Crippen LogP contribution in [0.2, 0.25) is 0 Å². The van der Waals surface area contributed by atoms with Crippen molar-refractivity contribution in [3.63, 3.8) is 0 Å². The second kappa shape index (κ2) is 7.06. The molecule has 0 N–H and O–H groups in total. The third-order valence-electron chi connectivity index (χ3n) is 2.31. The van der Waals surface area contributed by atoms with E-state index in [4.69, 9.17) is 9.57 Å². The second-order valence-electron chi connectivity index (χ2n) is 4.23. The minimum Gasteiger partial charge on any atom is -0.463 e. The maximum absolute atomic E-state index is 11.8. The minimum absolute atomic E-state index is 0.145. The van der Waals surface area contributed by atoms with Crippen molar-refractivity contribution in [3.05, 3.63) is 12.2 Å². The number of nitrogens with zero attached hydrogens (tertiary/aromatic N) is 1. The highest BCUT2D eigenvalue weighted by atomic mass is 16.7. The van der Waals surface area contributed by atoms with Gasteiger partial charge < -0.3 is 4.74 Å². The van der Waals surface area contributed by atoms with Gasteiger partial charge in [0, 0.05) is 18.5 Å². The van der Waals surface area contributed by atoms with Crippen molar-refractivity contribution in [1.29, 1.82) is 0 Å². The largest absolute Gasteiger partial charge is 0.463 e. The molecule has 0 heterocycles. The number of carbonyl (C=O) groups excluding carboxylic acids is 2. The lowest BCUT2D eigenvalue weighted by Crippen LogP contribution is -2.37. The lowest BCUT2D eigenvalue weighted by molar-refractivity contribution is -0.178. The van der Waals surface area contributed by atoms with Gasteiger partial charge in [0.2, 0.25) is 0 Å². The number of amides is 1. The van der Waals surface area contributed by atoms with Crippen LogP contribution in [0, 0.1) is 5.41 Å². The Morgan fingerprint density at radius 3 is 2.41 bits per heavy atom. The second-order valence-corrected chi connectivity index (χ2v) is 4.23. The van der Waals surface area contributed by atoms with Crippen LogP contribution in [0.1, 0.15) is 27.2 Å². The van der Waals surface area contributed by atoms with Crippen molar-refractivity contribution in [2.24, 2.45) is 5.41 Å². The van der Waals surface area contributed by atoms with Crippen LogP contribution in [0.25, 0.3) is 0 Å². The van der Waals surface area contributed by atoms with Crippen molar-refractivity contribution in [1.82, 2.24) is 5.06 Å². The normalized spacial score (nSPS) is 11.6. The van der Waals surface area contributed by atoms with Gasteiger partial charge in [-0.3, -0.25) is 9.63 Å². The quantitative estimate of drug-likeness (QED) is 0.403. The average molecular weight is 243 g/mol. The maximum Gasteiger partial charge on any atom is 0.330 e. The van der Waals surface area contributed by atoms with Crippen LogP contribution in [0.4, 0.5) is 0 Å². The molecule has 0 aliphatic rings. The van der Waals surface area contributed by atoms with E-state index in [1.54, 1.807) is 33.9 Å². The van der Waals surface area contributed by atoms with Crippen molar-refractivity contribution in [2.45, 2.75) is 27.2 Å². The number of hydrogen-bond donors (Lipinski definition) is 0. The third-order valence-corrected chi connectivity index (χ3v) is 2.31. The standard InChI is InChI=1S/C12H21NO4/c1-6-17-10(14)8-7-9-12(2,3)11(15)13(4)16-5/h7-8H,6,9H2,1-5H3/b8-7+. The van der Waals surface area contributed by atoms with Crippen LogP contribution >= 0.6 is 0 Å². The fraction of sp³-hybridized carbons (Fsp3) is 0.667. The molecule has 0 aromatic carbocycles. The predicted molar refractivity (Wildman–Crippen MR) is 64.0 cm³/mol. The Kier molecular flexibility index (Phi) is 6.50. The van der Waals surface area contributed by atoms with Gasteiger partial charge in [-0.2, -0.15) is 0 Å². The van der Waals surface area contributed by atoms with E-state index in [0.717, 1.165) is 0 Å². The number of hydroxylamine groups is 2. The highest BCUT2D eigenvalue weighted by Crippen LogP contribution is 2.23. The molecule has 0 rings (SSSR count). The molecule has 0 aromatic rings. The summed E-state index contributed by atoms with van der Waals surface area (Å²) in [6.07, 6.45) is 3.42. The number of esters is 1. The number of hydrogen-bond acceptors (Lipinski definition) is 4. The summed E-state index contributed by atoms with van der Waals surface area (Å²) in [4.78, 5) is 27.7. The van der Waals surface area contributed by atoms with Crippen LogP contribution in [0.5, 0.6) is 0 Å². The van der Waals surface area contributed by atoms with Crippen molar-refractivity contribution >= 4 is 11.9 Å². The van der Waals surface area contributed by atoms with Crippen LogP contribution in [-0.2, 0) is 19.2 Å². The van der Waals surface area contributed by atoms with E-state index in [2.05, 4.69) is 0 Å². The Balaban J connectivity index is 4.35. The molecule has 0 bridgehead atoms. The van der Waals surface area contributed by atoms with E-state index >= 15 is 0 Å². The summed E-state index contributed by atoms with van der Waals surface area (Å²) in [6, 6.07) is 0. The highest BCUT2D eigenvalue weighted by molar-refractivity contribution is 5.83. The zero-order valence-corrected chi connectivity index (χ0v) is 11.1. The van der Waals surface area contributed by atoms with Gasteiger partial charge >= 0.3 is 5.97 Å². The molecule has 0 saturated heterocycles. The van der Waals surface area contributed by atoms with Gasteiger partial charge in [-0.15, -0.1) is 0 Å². The van der Waals surface area contributed by atoms with Gasteiger partial charge in [0.1, 0.15) is 0 Å². The van der Waals surface area contributed by atoms with Crippen LogP contribution < -0.4 is 0 Å². The molecule has 0 atom stereocenters. The number of ether oxygens (including phenoxy) is 1. The Morgan fingerprint density at radius 2 is 1.94 bits per heavy atom.